The van der Waals surface area contributed by atoms with Gasteiger partial charge in [-0.25, -0.2) is 0 Å². The number of H-pyrrole nitrogens is 1. The van der Waals surface area contributed by atoms with Crippen molar-refractivity contribution < 1.29 is 0 Å². The van der Waals surface area contributed by atoms with Gasteiger partial charge in [0.25, 0.3) is 0 Å². The molecule has 0 aliphatic heterocycles. The summed E-state index contributed by atoms with van der Waals surface area (Å²) in [6, 6.07) is 8.63. The molecule has 1 aromatic carbocycles. The van der Waals surface area contributed by atoms with Crippen molar-refractivity contribution in [2.75, 3.05) is 0 Å². The second-order valence-corrected chi connectivity index (χ2v) is 2.75. The Morgan fingerprint density at radius 2 is 1.92 bits per heavy atom. The van der Waals surface area contributed by atoms with Crippen molar-refractivity contribution in [2.45, 2.75) is 27.2 Å². The predicted molar refractivity (Wildman–Crippen MR) is 59.0 cm³/mol. The number of hydrogen-bond donors (Lipinski definition) is 1. The molecule has 1 N–H and O–H groups in total. The van der Waals surface area contributed by atoms with E-state index in [0.717, 1.165) is 6.42 Å². The van der Waals surface area contributed by atoms with Crippen molar-refractivity contribution in [1.29, 1.82) is 0 Å². The van der Waals surface area contributed by atoms with Crippen LogP contribution < -0.4 is 0 Å². The van der Waals surface area contributed by atoms with Gasteiger partial charge in [-0.1, -0.05) is 26.8 Å². The van der Waals surface area contributed by atoms with Crippen molar-refractivity contribution in [3.63, 3.8) is 0 Å². The molecule has 1 heterocycles. The van der Waals surface area contributed by atoms with E-state index < -0.39 is 0 Å². The first-order valence-corrected chi connectivity index (χ1v) is 4.96. The first kappa shape index (κ1) is 9.85. The lowest BCUT2D eigenvalue weighted by atomic mass is 10.1. The van der Waals surface area contributed by atoms with Crippen LogP contribution in [0.1, 0.15) is 26.3 Å². The zero-order valence-corrected chi connectivity index (χ0v) is 8.59. The Morgan fingerprint density at radius 1 is 1.15 bits per heavy atom. The first-order valence-electron chi connectivity index (χ1n) is 4.96. The molecule has 0 atom stereocenters. The molecular weight excluding hydrogens is 158 g/mol. The number of fused-ring (bicyclic) bond motifs is 1. The Hall–Kier alpha value is -1.24. The number of aromatic amines is 1. The van der Waals surface area contributed by atoms with E-state index in [1.54, 1.807) is 0 Å². The summed E-state index contributed by atoms with van der Waals surface area (Å²) < 4.78 is 0. The molecule has 0 spiro atoms. The average Bonchev–Trinajstić information content (AvgIpc) is 2.67. The van der Waals surface area contributed by atoms with Crippen LogP contribution in [0.5, 0.6) is 0 Å². The summed E-state index contributed by atoms with van der Waals surface area (Å²) in [6.07, 6.45) is 3.09. The lowest BCUT2D eigenvalue weighted by molar-refractivity contribution is 1.15. The second kappa shape index (κ2) is 4.70. The fourth-order valence-corrected chi connectivity index (χ4v) is 1.32. The molecule has 1 aromatic heterocycles. The number of aromatic nitrogens is 1. The van der Waals surface area contributed by atoms with Crippen molar-refractivity contribution in [3.8, 4) is 0 Å². The lowest BCUT2D eigenvalue weighted by Crippen LogP contribution is -1.77. The summed E-state index contributed by atoms with van der Waals surface area (Å²) in [6.45, 7) is 6.17. The van der Waals surface area contributed by atoms with Crippen molar-refractivity contribution in [1.82, 2.24) is 4.98 Å². The van der Waals surface area contributed by atoms with Crippen LogP contribution in [-0.2, 0) is 6.42 Å². The molecule has 0 amide bonds. The minimum atomic E-state index is 1.11. The smallest absolute Gasteiger partial charge is 0.0454 e. The number of hydrogen-bond acceptors (Lipinski definition) is 0. The second-order valence-electron chi connectivity index (χ2n) is 2.75. The molecule has 13 heavy (non-hydrogen) atoms. The Morgan fingerprint density at radius 3 is 2.62 bits per heavy atom. The van der Waals surface area contributed by atoms with E-state index in [2.05, 4.69) is 36.2 Å². The molecule has 1 heteroatoms. The van der Waals surface area contributed by atoms with Crippen LogP contribution >= 0.6 is 0 Å². The van der Waals surface area contributed by atoms with E-state index in [1.807, 2.05) is 20.0 Å². The molecule has 0 fully saturated rings. The maximum absolute atomic E-state index is 3.17. The number of aryl methyl sites for hydroxylation is 1. The molecule has 0 saturated carbocycles. The van der Waals surface area contributed by atoms with Crippen LogP contribution in [0.2, 0.25) is 0 Å². The standard InChI is InChI=1S/C10H11N.C2H6/c1-2-8-3-4-10-9(7-8)5-6-11-10;1-2/h3-7,11H,2H2,1H3;1-2H3. The average molecular weight is 175 g/mol. The van der Waals surface area contributed by atoms with Gasteiger partial charge in [0.05, 0.1) is 0 Å². The zero-order chi connectivity index (χ0) is 9.68. The number of nitrogens with one attached hydrogen (secondary N) is 1. The molecule has 0 unspecified atom stereocenters. The molecule has 2 rings (SSSR count). The van der Waals surface area contributed by atoms with Crippen LogP contribution in [-0.4, -0.2) is 4.98 Å². The molecule has 0 radical (unpaired) electrons. The third-order valence-electron chi connectivity index (χ3n) is 2.03. The van der Waals surface area contributed by atoms with Gasteiger partial charge in [0.15, 0.2) is 0 Å². The Labute approximate surface area is 79.8 Å². The highest BCUT2D eigenvalue weighted by atomic mass is 14.7. The summed E-state index contributed by atoms with van der Waals surface area (Å²) in [7, 11) is 0. The Bertz CT molecular complexity index is 360. The molecule has 0 aliphatic rings. The van der Waals surface area contributed by atoms with Crippen LogP contribution in [0, 0.1) is 0 Å². The number of benzene rings is 1. The predicted octanol–water partition coefficient (Wildman–Crippen LogP) is 3.76. The van der Waals surface area contributed by atoms with E-state index in [-0.39, 0.29) is 0 Å². The van der Waals surface area contributed by atoms with Crippen LogP contribution in [0.4, 0.5) is 0 Å². The third kappa shape index (κ3) is 2.11. The molecular formula is C12H17N. The fraction of sp³-hybridized carbons (Fsp3) is 0.333. The van der Waals surface area contributed by atoms with Gasteiger partial charge in [-0.2, -0.15) is 0 Å². The summed E-state index contributed by atoms with van der Waals surface area (Å²) in [5.41, 5.74) is 2.62. The van der Waals surface area contributed by atoms with Crippen molar-refractivity contribution in [3.05, 3.63) is 36.0 Å². The van der Waals surface area contributed by atoms with Gasteiger partial charge in [0.2, 0.25) is 0 Å². The van der Waals surface area contributed by atoms with E-state index in [4.69, 9.17) is 0 Å². The SMILES string of the molecule is CC.CCc1ccc2[nH]ccc2c1. The minimum Gasteiger partial charge on any atom is -0.361 e. The summed E-state index contributed by atoms with van der Waals surface area (Å²) >= 11 is 0. The highest BCUT2D eigenvalue weighted by Crippen LogP contribution is 2.14. The molecule has 0 bridgehead atoms. The Kier molecular flexibility index (Phi) is 3.56. The van der Waals surface area contributed by atoms with Gasteiger partial charge < -0.3 is 4.98 Å². The third-order valence-corrected chi connectivity index (χ3v) is 2.03. The normalized spacial score (nSPS) is 9.46. The van der Waals surface area contributed by atoms with Gasteiger partial charge >= 0.3 is 0 Å². The highest BCUT2D eigenvalue weighted by molar-refractivity contribution is 5.79. The van der Waals surface area contributed by atoms with Gasteiger partial charge in [0.1, 0.15) is 0 Å². The lowest BCUT2D eigenvalue weighted by Gasteiger charge is -1.94. The van der Waals surface area contributed by atoms with Gasteiger partial charge in [-0.05, 0) is 35.6 Å². The molecule has 0 aliphatic carbocycles. The molecule has 2 aromatic rings. The number of rotatable bonds is 1. The quantitative estimate of drug-likeness (QED) is 0.679. The summed E-state index contributed by atoms with van der Waals surface area (Å²) in [5, 5.41) is 1.31. The molecule has 0 saturated heterocycles. The fourth-order valence-electron chi connectivity index (χ4n) is 1.32. The first-order chi connectivity index (χ1) is 6.40. The van der Waals surface area contributed by atoms with E-state index in [1.165, 1.54) is 16.5 Å². The maximum Gasteiger partial charge on any atom is 0.0454 e. The van der Waals surface area contributed by atoms with E-state index in [9.17, 15) is 0 Å². The molecule has 70 valence electrons. The monoisotopic (exact) mass is 175 g/mol. The van der Waals surface area contributed by atoms with Crippen molar-refractivity contribution >= 4 is 10.9 Å². The maximum atomic E-state index is 3.17. The zero-order valence-electron chi connectivity index (χ0n) is 8.59. The van der Waals surface area contributed by atoms with Crippen LogP contribution in [0.15, 0.2) is 30.5 Å². The van der Waals surface area contributed by atoms with Gasteiger partial charge in [0, 0.05) is 11.7 Å². The van der Waals surface area contributed by atoms with Crippen molar-refractivity contribution in [2.24, 2.45) is 0 Å². The van der Waals surface area contributed by atoms with E-state index >= 15 is 0 Å². The minimum absolute atomic E-state index is 1.11. The molecule has 1 nitrogen and oxygen atoms in total. The highest BCUT2D eigenvalue weighted by Gasteiger charge is 1.93. The summed E-state index contributed by atoms with van der Waals surface area (Å²) in [4.78, 5) is 3.17. The Balaban J connectivity index is 0.000000396. The topological polar surface area (TPSA) is 15.8 Å². The van der Waals surface area contributed by atoms with Gasteiger partial charge in [-0.15, -0.1) is 0 Å². The summed E-state index contributed by atoms with van der Waals surface area (Å²) in [5.74, 6) is 0. The van der Waals surface area contributed by atoms with Crippen LogP contribution in [0.3, 0.4) is 0 Å². The van der Waals surface area contributed by atoms with Crippen LogP contribution in [0.25, 0.3) is 10.9 Å². The van der Waals surface area contributed by atoms with E-state index in [0.29, 0.717) is 0 Å². The van der Waals surface area contributed by atoms with Gasteiger partial charge in [-0.3, -0.25) is 0 Å². The largest absolute Gasteiger partial charge is 0.361 e.